The zero-order chi connectivity index (χ0) is 13.8. The molecular formula is C11H15FN2O3S. The quantitative estimate of drug-likeness (QED) is 0.607. The molecule has 0 spiro atoms. The fraction of sp³-hybridized carbons (Fsp3) is 0.364. The summed E-state index contributed by atoms with van der Waals surface area (Å²) in [4.78, 5) is 11.6. The first-order valence-electron chi connectivity index (χ1n) is 5.30. The van der Waals surface area contributed by atoms with Crippen molar-refractivity contribution in [2.45, 2.75) is 6.42 Å². The Bertz CT molecular complexity index is 543. The third-order valence-electron chi connectivity index (χ3n) is 2.24. The predicted molar refractivity (Wildman–Crippen MR) is 67.5 cm³/mol. The van der Waals surface area contributed by atoms with Crippen molar-refractivity contribution >= 4 is 21.4 Å². The maximum absolute atomic E-state index is 12.9. The average molecular weight is 274 g/mol. The number of amides is 1. The molecule has 0 aliphatic rings. The predicted octanol–water partition coefficient (Wildman–Crippen LogP) is 0.572. The van der Waals surface area contributed by atoms with Crippen LogP contribution in [0.1, 0.15) is 16.8 Å². The highest BCUT2D eigenvalue weighted by atomic mass is 32.2. The molecule has 0 aliphatic heterocycles. The minimum Gasteiger partial charge on any atom is -0.398 e. The maximum atomic E-state index is 12.9. The largest absolute Gasteiger partial charge is 0.398 e. The fourth-order valence-corrected chi connectivity index (χ4v) is 2.03. The van der Waals surface area contributed by atoms with E-state index in [2.05, 4.69) is 5.32 Å². The SMILES string of the molecule is CS(=O)(=O)CCCNC(=O)c1cc(F)ccc1N. The standard InChI is InChI=1S/C11H15FN2O3S/c1-18(16,17)6-2-5-14-11(15)9-7-8(12)3-4-10(9)13/h3-4,7H,2,5-6,13H2,1H3,(H,14,15). The number of carbonyl (C=O) groups excluding carboxylic acids is 1. The molecule has 1 amide bonds. The number of rotatable bonds is 5. The molecule has 3 N–H and O–H groups in total. The van der Waals surface area contributed by atoms with Gasteiger partial charge in [0.05, 0.1) is 11.3 Å². The van der Waals surface area contributed by atoms with E-state index >= 15 is 0 Å². The molecule has 0 saturated carbocycles. The van der Waals surface area contributed by atoms with Crippen molar-refractivity contribution in [3.05, 3.63) is 29.6 Å². The lowest BCUT2D eigenvalue weighted by molar-refractivity contribution is 0.0954. The van der Waals surface area contributed by atoms with E-state index in [1.165, 1.54) is 6.07 Å². The second-order valence-electron chi connectivity index (χ2n) is 3.97. The van der Waals surface area contributed by atoms with Gasteiger partial charge in [0.1, 0.15) is 15.7 Å². The van der Waals surface area contributed by atoms with Crippen LogP contribution >= 0.6 is 0 Å². The van der Waals surface area contributed by atoms with Crippen LogP contribution in [0, 0.1) is 5.82 Å². The summed E-state index contributed by atoms with van der Waals surface area (Å²) in [5, 5.41) is 2.49. The number of hydrogen-bond acceptors (Lipinski definition) is 4. The van der Waals surface area contributed by atoms with Crippen LogP contribution in [0.3, 0.4) is 0 Å². The van der Waals surface area contributed by atoms with Gasteiger partial charge >= 0.3 is 0 Å². The second kappa shape index (κ2) is 5.81. The molecule has 1 aromatic rings. The molecule has 18 heavy (non-hydrogen) atoms. The molecule has 0 radical (unpaired) electrons. The third kappa shape index (κ3) is 4.70. The van der Waals surface area contributed by atoms with Gasteiger partial charge in [0, 0.05) is 18.5 Å². The Morgan fingerprint density at radius 3 is 2.72 bits per heavy atom. The van der Waals surface area contributed by atoms with E-state index in [0.717, 1.165) is 18.4 Å². The Labute approximate surface area is 105 Å². The smallest absolute Gasteiger partial charge is 0.253 e. The van der Waals surface area contributed by atoms with Crippen molar-refractivity contribution in [2.24, 2.45) is 0 Å². The van der Waals surface area contributed by atoms with Gasteiger partial charge in [-0.3, -0.25) is 4.79 Å². The van der Waals surface area contributed by atoms with Crippen molar-refractivity contribution in [1.82, 2.24) is 5.32 Å². The van der Waals surface area contributed by atoms with Gasteiger partial charge in [-0.1, -0.05) is 0 Å². The number of nitrogens with one attached hydrogen (secondary N) is 1. The Kier molecular flexibility index (Phi) is 4.66. The van der Waals surface area contributed by atoms with Crippen LogP contribution in [0.5, 0.6) is 0 Å². The molecule has 0 bridgehead atoms. The first-order chi connectivity index (χ1) is 8.29. The first-order valence-corrected chi connectivity index (χ1v) is 7.36. The highest BCUT2D eigenvalue weighted by Gasteiger charge is 2.10. The van der Waals surface area contributed by atoms with Crippen molar-refractivity contribution < 1.29 is 17.6 Å². The lowest BCUT2D eigenvalue weighted by Gasteiger charge is -2.07. The number of anilines is 1. The number of nitrogens with two attached hydrogens (primary N) is 1. The molecule has 0 aliphatic carbocycles. The molecule has 0 fully saturated rings. The Hall–Kier alpha value is -1.63. The van der Waals surface area contributed by atoms with Crippen LogP contribution in [-0.4, -0.2) is 32.9 Å². The van der Waals surface area contributed by atoms with Crippen LogP contribution in [0.2, 0.25) is 0 Å². The van der Waals surface area contributed by atoms with Crippen molar-refractivity contribution in [3.63, 3.8) is 0 Å². The van der Waals surface area contributed by atoms with E-state index in [9.17, 15) is 17.6 Å². The molecule has 0 aromatic heterocycles. The van der Waals surface area contributed by atoms with Crippen LogP contribution in [0.4, 0.5) is 10.1 Å². The van der Waals surface area contributed by atoms with Gasteiger partial charge in [0.15, 0.2) is 0 Å². The van der Waals surface area contributed by atoms with E-state index < -0.39 is 21.6 Å². The molecule has 0 saturated heterocycles. The lowest BCUT2D eigenvalue weighted by Crippen LogP contribution is -2.26. The zero-order valence-electron chi connectivity index (χ0n) is 9.94. The summed E-state index contributed by atoms with van der Waals surface area (Å²) in [6.07, 6.45) is 1.43. The van der Waals surface area contributed by atoms with Gasteiger partial charge in [-0.2, -0.15) is 0 Å². The molecule has 1 rings (SSSR count). The van der Waals surface area contributed by atoms with Crippen LogP contribution < -0.4 is 11.1 Å². The van der Waals surface area contributed by atoms with Crippen LogP contribution in [0.15, 0.2) is 18.2 Å². The summed E-state index contributed by atoms with van der Waals surface area (Å²) in [5.41, 5.74) is 5.77. The zero-order valence-corrected chi connectivity index (χ0v) is 10.8. The summed E-state index contributed by atoms with van der Waals surface area (Å²) >= 11 is 0. The minimum atomic E-state index is -3.04. The molecule has 5 nitrogen and oxygen atoms in total. The minimum absolute atomic E-state index is 0.00802. The lowest BCUT2D eigenvalue weighted by atomic mass is 10.1. The van der Waals surface area contributed by atoms with Crippen LogP contribution in [0.25, 0.3) is 0 Å². The summed E-state index contributed by atoms with van der Waals surface area (Å²) in [7, 11) is -3.04. The van der Waals surface area contributed by atoms with Crippen LogP contribution in [-0.2, 0) is 9.84 Å². The van der Waals surface area contributed by atoms with E-state index in [4.69, 9.17) is 5.73 Å². The van der Waals surface area contributed by atoms with Gasteiger partial charge in [-0.15, -0.1) is 0 Å². The van der Waals surface area contributed by atoms with Crippen molar-refractivity contribution in [2.75, 3.05) is 24.3 Å². The monoisotopic (exact) mass is 274 g/mol. The first kappa shape index (κ1) is 14.4. The maximum Gasteiger partial charge on any atom is 0.253 e. The molecule has 1 aromatic carbocycles. The Morgan fingerprint density at radius 1 is 1.44 bits per heavy atom. The number of sulfone groups is 1. The van der Waals surface area contributed by atoms with Gasteiger partial charge in [0.2, 0.25) is 0 Å². The summed E-state index contributed by atoms with van der Waals surface area (Å²) in [6.45, 7) is 0.196. The normalized spacial score (nSPS) is 11.2. The molecule has 0 atom stereocenters. The Morgan fingerprint density at radius 2 is 2.11 bits per heavy atom. The van der Waals surface area contributed by atoms with Gasteiger partial charge in [0.25, 0.3) is 5.91 Å². The molecular weight excluding hydrogens is 259 g/mol. The van der Waals surface area contributed by atoms with Gasteiger partial charge < -0.3 is 11.1 Å². The third-order valence-corrected chi connectivity index (χ3v) is 3.27. The Balaban J connectivity index is 2.53. The number of nitrogen functional groups attached to an aromatic ring is 1. The number of carbonyl (C=O) groups is 1. The summed E-state index contributed by atoms with van der Waals surface area (Å²) < 4.78 is 34.7. The number of halogens is 1. The van der Waals surface area contributed by atoms with E-state index in [0.29, 0.717) is 6.42 Å². The topological polar surface area (TPSA) is 89.3 Å². The summed E-state index contributed by atoms with van der Waals surface area (Å²) in [6, 6.07) is 3.51. The highest BCUT2D eigenvalue weighted by Crippen LogP contribution is 2.12. The summed E-state index contributed by atoms with van der Waals surface area (Å²) in [5.74, 6) is -1.07. The van der Waals surface area contributed by atoms with E-state index in [1.54, 1.807) is 0 Å². The van der Waals surface area contributed by atoms with E-state index in [-0.39, 0.29) is 23.5 Å². The highest BCUT2D eigenvalue weighted by molar-refractivity contribution is 7.90. The van der Waals surface area contributed by atoms with Crippen molar-refractivity contribution in [3.8, 4) is 0 Å². The molecule has 100 valence electrons. The fourth-order valence-electron chi connectivity index (χ4n) is 1.36. The number of hydrogen-bond donors (Lipinski definition) is 2. The van der Waals surface area contributed by atoms with E-state index in [1.807, 2.05) is 0 Å². The number of benzene rings is 1. The molecule has 7 heteroatoms. The molecule has 0 heterocycles. The average Bonchev–Trinajstić information content (AvgIpc) is 2.26. The second-order valence-corrected chi connectivity index (χ2v) is 6.23. The van der Waals surface area contributed by atoms with Gasteiger partial charge in [-0.05, 0) is 24.6 Å². The van der Waals surface area contributed by atoms with Crippen molar-refractivity contribution in [1.29, 1.82) is 0 Å². The van der Waals surface area contributed by atoms with Gasteiger partial charge in [-0.25, -0.2) is 12.8 Å². The molecule has 0 unspecified atom stereocenters.